The van der Waals surface area contributed by atoms with Gasteiger partial charge in [-0.05, 0) is 12.8 Å². The maximum absolute atomic E-state index is 11.5. The van der Waals surface area contributed by atoms with Crippen molar-refractivity contribution in [1.29, 1.82) is 0 Å². The lowest BCUT2D eigenvalue weighted by atomic mass is 10.2. The molecular formula is C10H17NO4S. The highest BCUT2D eigenvalue weighted by molar-refractivity contribution is 7.80. The van der Waals surface area contributed by atoms with E-state index in [1.165, 1.54) is 6.92 Å². The molecule has 0 spiro atoms. The number of esters is 1. The van der Waals surface area contributed by atoms with Gasteiger partial charge in [-0.2, -0.15) is 12.6 Å². The van der Waals surface area contributed by atoms with Crippen molar-refractivity contribution >= 4 is 24.5 Å². The van der Waals surface area contributed by atoms with E-state index in [1.807, 2.05) is 0 Å². The molecule has 2 unspecified atom stereocenters. The van der Waals surface area contributed by atoms with Crippen molar-refractivity contribution in [2.24, 2.45) is 0 Å². The molecule has 1 amide bonds. The Morgan fingerprint density at radius 2 is 2.38 bits per heavy atom. The Balaban J connectivity index is 2.28. The Hall–Kier alpha value is -0.750. The fraction of sp³-hybridized carbons (Fsp3) is 0.800. The van der Waals surface area contributed by atoms with Gasteiger partial charge in [0.1, 0.15) is 12.6 Å². The van der Waals surface area contributed by atoms with Gasteiger partial charge >= 0.3 is 5.97 Å². The summed E-state index contributed by atoms with van der Waals surface area (Å²) in [6.07, 6.45) is 1.92. The van der Waals surface area contributed by atoms with Crippen molar-refractivity contribution in [3.8, 4) is 0 Å². The zero-order valence-corrected chi connectivity index (χ0v) is 10.2. The molecule has 0 aromatic heterocycles. The molecule has 1 aliphatic rings. The number of carbonyl (C=O) groups is 2. The first-order chi connectivity index (χ1) is 7.63. The van der Waals surface area contributed by atoms with E-state index in [2.05, 4.69) is 17.9 Å². The highest BCUT2D eigenvalue weighted by atomic mass is 32.1. The van der Waals surface area contributed by atoms with Crippen LogP contribution in [-0.4, -0.2) is 43.0 Å². The molecule has 0 aromatic rings. The van der Waals surface area contributed by atoms with E-state index in [1.54, 1.807) is 0 Å². The molecular weight excluding hydrogens is 230 g/mol. The van der Waals surface area contributed by atoms with E-state index in [9.17, 15) is 9.59 Å². The smallest absolute Gasteiger partial charge is 0.329 e. The Labute approximate surface area is 100 Å². The van der Waals surface area contributed by atoms with Crippen molar-refractivity contribution in [3.63, 3.8) is 0 Å². The Morgan fingerprint density at radius 3 is 2.88 bits per heavy atom. The van der Waals surface area contributed by atoms with Gasteiger partial charge < -0.3 is 14.8 Å². The van der Waals surface area contributed by atoms with Gasteiger partial charge in [-0.1, -0.05) is 0 Å². The summed E-state index contributed by atoms with van der Waals surface area (Å²) in [4.78, 5) is 22.3. The second kappa shape index (κ2) is 6.75. The van der Waals surface area contributed by atoms with Crippen LogP contribution < -0.4 is 5.32 Å². The summed E-state index contributed by atoms with van der Waals surface area (Å²) in [5, 5.41) is 2.47. The molecule has 92 valence electrons. The second-order valence-electron chi connectivity index (χ2n) is 3.70. The SMILES string of the molecule is CC(=O)NC(CS)C(=O)OCC1CCCO1. The third-order valence-electron chi connectivity index (χ3n) is 2.28. The van der Waals surface area contributed by atoms with Crippen LogP contribution >= 0.6 is 12.6 Å². The first-order valence-electron chi connectivity index (χ1n) is 5.29. The van der Waals surface area contributed by atoms with Crippen molar-refractivity contribution in [3.05, 3.63) is 0 Å². The number of ether oxygens (including phenoxy) is 2. The number of rotatable bonds is 5. The van der Waals surface area contributed by atoms with E-state index < -0.39 is 12.0 Å². The minimum Gasteiger partial charge on any atom is -0.461 e. The minimum absolute atomic E-state index is 0.00171. The molecule has 0 bridgehead atoms. The van der Waals surface area contributed by atoms with Crippen LogP contribution in [0.2, 0.25) is 0 Å². The average Bonchev–Trinajstić information content (AvgIpc) is 2.75. The lowest BCUT2D eigenvalue weighted by Gasteiger charge is -2.16. The topological polar surface area (TPSA) is 64.6 Å². The zero-order chi connectivity index (χ0) is 12.0. The molecule has 1 saturated heterocycles. The fourth-order valence-corrected chi connectivity index (χ4v) is 1.72. The van der Waals surface area contributed by atoms with Crippen LogP contribution in [0.4, 0.5) is 0 Å². The van der Waals surface area contributed by atoms with Crippen LogP contribution in [0.1, 0.15) is 19.8 Å². The maximum atomic E-state index is 11.5. The van der Waals surface area contributed by atoms with Crippen LogP contribution in [0.15, 0.2) is 0 Å². The Morgan fingerprint density at radius 1 is 1.62 bits per heavy atom. The zero-order valence-electron chi connectivity index (χ0n) is 9.27. The molecule has 0 radical (unpaired) electrons. The summed E-state index contributed by atoms with van der Waals surface area (Å²) in [6, 6.07) is -0.678. The van der Waals surface area contributed by atoms with Crippen LogP contribution in [0, 0.1) is 0 Å². The maximum Gasteiger partial charge on any atom is 0.329 e. The molecule has 0 aromatic carbocycles. The molecule has 5 nitrogen and oxygen atoms in total. The first-order valence-corrected chi connectivity index (χ1v) is 5.93. The summed E-state index contributed by atoms with van der Waals surface area (Å²) in [6.45, 7) is 2.33. The van der Waals surface area contributed by atoms with Crippen LogP contribution in [0.25, 0.3) is 0 Å². The molecule has 1 aliphatic heterocycles. The molecule has 6 heteroatoms. The Kier molecular flexibility index (Phi) is 5.62. The van der Waals surface area contributed by atoms with E-state index in [4.69, 9.17) is 9.47 Å². The molecule has 0 saturated carbocycles. The number of thiol groups is 1. The van der Waals surface area contributed by atoms with Gasteiger partial charge in [0.15, 0.2) is 0 Å². The number of carbonyl (C=O) groups excluding carboxylic acids is 2. The fourth-order valence-electron chi connectivity index (χ4n) is 1.48. The third kappa shape index (κ3) is 4.40. The molecule has 1 heterocycles. The minimum atomic E-state index is -0.678. The number of hydrogen-bond donors (Lipinski definition) is 2. The van der Waals surface area contributed by atoms with Crippen molar-refractivity contribution in [1.82, 2.24) is 5.32 Å². The van der Waals surface area contributed by atoms with Crippen molar-refractivity contribution < 1.29 is 19.1 Å². The number of hydrogen-bond acceptors (Lipinski definition) is 5. The number of amides is 1. The summed E-state index contributed by atoms with van der Waals surface area (Å²) in [7, 11) is 0. The number of nitrogens with one attached hydrogen (secondary N) is 1. The molecule has 2 atom stereocenters. The summed E-state index contributed by atoms with van der Waals surface area (Å²) < 4.78 is 10.4. The summed E-state index contributed by atoms with van der Waals surface area (Å²) in [5.41, 5.74) is 0. The van der Waals surface area contributed by atoms with Gasteiger partial charge in [0.2, 0.25) is 5.91 Å². The lowest BCUT2D eigenvalue weighted by molar-refractivity contribution is -0.150. The third-order valence-corrected chi connectivity index (χ3v) is 2.65. The largest absolute Gasteiger partial charge is 0.461 e. The highest BCUT2D eigenvalue weighted by Gasteiger charge is 2.22. The highest BCUT2D eigenvalue weighted by Crippen LogP contribution is 2.12. The van der Waals surface area contributed by atoms with E-state index in [0.29, 0.717) is 0 Å². The van der Waals surface area contributed by atoms with Crippen LogP contribution in [-0.2, 0) is 19.1 Å². The molecule has 1 fully saturated rings. The van der Waals surface area contributed by atoms with Gasteiger partial charge in [-0.3, -0.25) is 4.79 Å². The molecule has 1 N–H and O–H groups in total. The normalized spacial score (nSPS) is 21.5. The van der Waals surface area contributed by atoms with E-state index >= 15 is 0 Å². The Bertz CT molecular complexity index is 253. The quantitative estimate of drug-likeness (QED) is 0.536. The summed E-state index contributed by atoms with van der Waals surface area (Å²) >= 11 is 3.99. The van der Waals surface area contributed by atoms with Crippen molar-refractivity contribution in [2.75, 3.05) is 19.0 Å². The van der Waals surface area contributed by atoms with E-state index in [-0.39, 0.29) is 24.4 Å². The van der Waals surface area contributed by atoms with Gasteiger partial charge in [0.05, 0.1) is 6.10 Å². The lowest BCUT2D eigenvalue weighted by Crippen LogP contribution is -2.42. The van der Waals surface area contributed by atoms with Gasteiger partial charge in [-0.25, -0.2) is 4.79 Å². The predicted molar refractivity (Wildman–Crippen MR) is 61.4 cm³/mol. The van der Waals surface area contributed by atoms with Crippen molar-refractivity contribution in [2.45, 2.75) is 31.9 Å². The first kappa shape index (κ1) is 13.3. The summed E-state index contributed by atoms with van der Waals surface area (Å²) in [5.74, 6) is -0.502. The van der Waals surface area contributed by atoms with Gasteiger partial charge in [0, 0.05) is 19.3 Å². The van der Waals surface area contributed by atoms with E-state index in [0.717, 1.165) is 19.4 Å². The molecule has 0 aliphatic carbocycles. The van der Waals surface area contributed by atoms with Gasteiger partial charge in [-0.15, -0.1) is 0 Å². The average molecular weight is 247 g/mol. The van der Waals surface area contributed by atoms with Crippen LogP contribution in [0.3, 0.4) is 0 Å². The standard InChI is InChI=1S/C10H17NO4S/c1-7(12)11-9(6-16)10(13)15-5-8-3-2-4-14-8/h8-9,16H,2-6H2,1H3,(H,11,12). The second-order valence-corrected chi connectivity index (χ2v) is 4.07. The molecule has 16 heavy (non-hydrogen) atoms. The predicted octanol–water partition coefficient (Wildman–Crippen LogP) is 0.143. The molecule has 1 rings (SSSR count). The van der Waals surface area contributed by atoms with Crippen LogP contribution in [0.5, 0.6) is 0 Å². The monoisotopic (exact) mass is 247 g/mol. The van der Waals surface area contributed by atoms with Gasteiger partial charge in [0.25, 0.3) is 0 Å².